The molecule has 0 atom stereocenters. The van der Waals surface area contributed by atoms with Crippen LogP contribution in [0.2, 0.25) is 0 Å². The first-order valence-electron chi connectivity index (χ1n) is 10.6. The molecule has 6 nitrogen and oxygen atoms in total. The van der Waals surface area contributed by atoms with Crippen molar-refractivity contribution in [1.29, 1.82) is 5.41 Å². The third-order valence-corrected chi connectivity index (χ3v) is 5.34. The predicted octanol–water partition coefficient (Wildman–Crippen LogP) is 5.69. The van der Waals surface area contributed by atoms with Gasteiger partial charge in [-0.2, -0.15) is 0 Å². The summed E-state index contributed by atoms with van der Waals surface area (Å²) in [5, 5.41) is 25.0. The van der Waals surface area contributed by atoms with Crippen molar-refractivity contribution in [2.45, 2.75) is 13.0 Å². The Hall–Kier alpha value is -4.52. The van der Waals surface area contributed by atoms with E-state index in [0.29, 0.717) is 23.5 Å². The topological polar surface area (TPSA) is 102 Å². The number of carboxylic acids is 1. The van der Waals surface area contributed by atoms with Crippen LogP contribution in [-0.2, 0) is 11.3 Å². The van der Waals surface area contributed by atoms with Gasteiger partial charge in [-0.25, -0.2) is 4.39 Å². The number of carboxylic acid groups (broad SMARTS) is 1. The van der Waals surface area contributed by atoms with Crippen LogP contribution >= 0.6 is 0 Å². The summed E-state index contributed by atoms with van der Waals surface area (Å²) in [6.45, 7) is 0.373. The van der Waals surface area contributed by atoms with E-state index in [1.807, 2.05) is 48.5 Å². The smallest absolute Gasteiger partial charge is 0.309 e. The lowest BCUT2D eigenvalue weighted by molar-refractivity contribution is -0.135. The van der Waals surface area contributed by atoms with Crippen LogP contribution in [0.1, 0.15) is 27.9 Å². The van der Waals surface area contributed by atoms with E-state index in [4.69, 9.17) is 10.5 Å². The van der Waals surface area contributed by atoms with E-state index in [0.717, 1.165) is 22.4 Å². The maximum Gasteiger partial charge on any atom is 0.309 e. The van der Waals surface area contributed by atoms with Crippen molar-refractivity contribution in [3.05, 3.63) is 107 Å². The summed E-state index contributed by atoms with van der Waals surface area (Å²) in [4.78, 5) is 23.6. The summed E-state index contributed by atoms with van der Waals surface area (Å²) < 4.78 is 13.6. The fourth-order valence-electron chi connectivity index (χ4n) is 3.60. The molecule has 0 aliphatic heterocycles. The molecule has 0 unspecified atom stereocenters. The molecule has 0 radical (unpaired) electrons. The SMILES string of the molecule is N=C(CC(=O)O)c1cc(F)ccc1NCc1ccc(NC(=O)c2ccc3ccccc3c2)cc1. The third-order valence-electron chi connectivity index (χ3n) is 5.34. The first-order valence-corrected chi connectivity index (χ1v) is 10.6. The van der Waals surface area contributed by atoms with Crippen molar-refractivity contribution in [2.75, 3.05) is 10.6 Å². The van der Waals surface area contributed by atoms with Gasteiger partial charge in [-0.05, 0) is 58.8 Å². The summed E-state index contributed by atoms with van der Waals surface area (Å²) in [7, 11) is 0. The van der Waals surface area contributed by atoms with E-state index in [2.05, 4.69) is 10.6 Å². The van der Waals surface area contributed by atoms with Crippen molar-refractivity contribution in [3.63, 3.8) is 0 Å². The van der Waals surface area contributed by atoms with Crippen molar-refractivity contribution in [2.24, 2.45) is 0 Å². The molecule has 170 valence electrons. The minimum Gasteiger partial charge on any atom is -0.481 e. The Balaban J connectivity index is 1.41. The van der Waals surface area contributed by atoms with E-state index >= 15 is 0 Å². The second kappa shape index (κ2) is 9.95. The number of nitrogens with one attached hydrogen (secondary N) is 3. The van der Waals surface area contributed by atoms with Crippen LogP contribution in [0.3, 0.4) is 0 Å². The van der Waals surface area contributed by atoms with Crippen LogP contribution in [0, 0.1) is 11.2 Å². The molecule has 7 heteroatoms. The quantitative estimate of drug-likeness (QED) is 0.257. The van der Waals surface area contributed by atoms with Gasteiger partial charge < -0.3 is 21.1 Å². The molecule has 0 saturated heterocycles. The first kappa shape index (κ1) is 22.7. The Morgan fingerprint density at radius 2 is 1.62 bits per heavy atom. The molecule has 0 aliphatic carbocycles. The van der Waals surface area contributed by atoms with Gasteiger partial charge in [0.15, 0.2) is 0 Å². The molecule has 4 N–H and O–H groups in total. The standard InChI is InChI=1S/C27H22FN3O3/c28-21-9-12-25(23(14-21)24(29)15-26(32)33)30-16-17-5-10-22(11-6-17)31-27(34)20-8-7-18-3-1-2-4-19(18)13-20/h1-14,29-30H,15-16H2,(H,31,34)(H,32,33). The predicted molar refractivity (Wildman–Crippen MR) is 131 cm³/mol. The van der Waals surface area contributed by atoms with Gasteiger partial charge in [-0.15, -0.1) is 0 Å². The zero-order chi connectivity index (χ0) is 24.1. The fraction of sp³-hybridized carbons (Fsp3) is 0.0741. The molecule has 4 aromatic carbocycles. The number of fused-ring (bicyclic) bond motifs is 1. The monoisotopic (exact) mass is 455 g/mol. The number of carbonyl (C=O) groups excluding carboxylic acids is 1. The highest BCUT2D eigenvalue weighted by Gasteiger charge is 2.13. The molecular formula is C27H22FN3O3. The minimum atomic E-state index is -1.15. The van der Waals surface area contributed by atoms with Gasteiger partial charge in [0.1, 0.15) is 5.82 Å². The Bertz CT molecular complexity index is 1380. The van der Waals surface area contributed by atoms with Crippen molar-refractivity contribution >= 4 is 39.7 Å². The summed E-state index contributed by atoms with van der Waals surface area (Å²) >= 11 is 0. The zero-order valence-electron chi connectivity index (χ0n) is 18.1. The molecule has 0 heterocycles. The lowest BCUT2D eigenvalue weighted by Gasteiger charge is -2.13. The highest BCUT2D eigenvalue weighted by atomic mass is 19.1. The number of amides is 1. The molecule has 0 aromatic heterocycles. The molecule has 34 heavy (non-hydrogen) atoms. The van der Waals surface area contributed by atoms with Crippen molar-refractivity contribution in [3.8, 4) is 0 Å². The van der Waals surface area contributed by atoms with E-state index < -0.39 is 18.2 Å². The summed E-state index contributed by atoms with van der Waals surface area (Å²) in [5.74, 6) is -1.90. The molecule has 4 aromatic rings. The Kier molecular flexibility index (Phi) is 6.64. The number of halogens is 1. The maximum absolute atomic E-state index is 13.6. The number of aliphatic carboxylic acids is 1. The van der Waals surface area contributed by atoms with Crippen molar-refractivity contribution < 1.29 is 19.1 Å². The molecule has 0 spiro atoms. The van der Waals surface area contributed by atoms with Gasteiger partial charge >= 0.3 is 5.97 Å². The highest BCUT2D eigenvalue weighted by Crippen LogP contribution is 2.21. The van der Waals surface area contributed by atoms with E-state index in [1.165, 1.54) is 12.1 Å². The Labute approximate surface area is 195 Å². The third kappa shape index (κ3) is 5.45. The molecule has 4 rings (SSSR count). The van der Waals surface area contributed by atoms with Gasteiger partial charge in [0.25, 0.3) is 5.91 Å². The van der Waals surface area contributed by atoms with Crippen LogP contribution in [0.4, 0.5) is 15.8 Å². The van der Waals surface area contributed by atoms with Gasteiger partial charge in [0.2, 0.25) is 0 Å². The van der Waals surface area contributed by atoms with Crippen molar-refractivity contribution in [1.82, 2.24) is 0 Å². The largest absolute Gasteiger partial charge is 0.481 e. The maximum atomic E-state index is 13.6. The summed E-state index contributed by atoms with van der Waals surface area (Å²) in [6.07, 6.45) is -0.496. The molecular weight excluding hydrogens is 433 g/mol. The molecule has 1 amide bonds. The van der Waals surface area contributed by atoms with Crippen LogP contribution in [0.5, 0.6) is 0 Å². The van der Waals surface area contributed by atoms with E-state index in [-0.39, 0.29) is 17.2 Å². The number of hydrogen-bond donors (Lipinski definition) is 4. The molecule has 0 bridgehead atoms. The van der Waals surface area contributed by atoms with Crippen LogP contribution < -0.4 is 10.6 Å². The summed E-state index contributed by atoms with van der Waals surface area (Å²) in [5.41, 5.74) is 2.61. The summed E-state index contributed by atoms with van der Waals surface area (Å²) in [6, 6.07) is 24.5. The van der Waals surface area contributed by atoms with Crippen LogP contribution in [0.25, 0.3) is 10.8 Å². The Morgan fingerprint density at radius 1 is 0.882 bits per heavy atom. The lowest BCUT2D eigenvalue weighted by atomic mass is 10.0. The number of carbonyl (C=O) groups is 2. The molecule has 0 saturated carbocycles. The Morgan fingerprint density at radius 3 is 2.35 bits per heavy atom. The molecule has 0 aliphatic rings. The second-order valence-corrected chi connectivity index (χ2v) is 7.81. The van der Waals surface area contributed by atoms with E-state index in [1.54, 1.807) is 18.2 Å². The fourth-order valence-corrected chi connectivity index (χ4v) is 3.60. The average molecular weight is 455 g/mol. The number of anilines is 2. The van der Waals surface area contributed by atoms with Gasteiger partial charge in [0.05, 0.1) is 12.1 Å². The average Bonchev–Trinajstić information content (AvgIpc) is 2.83. The van der Waals surface area contributed by atoms with Gasteiger partial charge in [-0.3, -0.25) is 9.59 Å². The minimum absolute atomic E-state index is 0.179. The first-order chi connectivity index (χ1) is 16.4. The number of benzene rings is 4. The second-order valence-electron chi connectivity index (χ2n) is 7.81. The lowest BCUT2D eigenvalue weighted by Crippen LogP contribution is -2.12. The van der Waals surface area contributed by atoms with Crippen LogP contribution in [0.15, 0.2) is 84.9 Å². The van der Waals surface area contributed by atoms with Gasteiger partial charge in [-0.1, -0.05) is 42.5 Å². The van der Waals surface area contributed by atoms with Gasteiger partial charge in [0, 0.05) is 29.0 Å². The molecule has 0 fully saturated rings. The normalized spacial score (nSPS) is 10.6. The van der Waals surface area contributed by atoms with Crippen LogP contribution in [-0.4, -0.2) is 22.7 Å². The number of rotatable bonds is 8. The highest BCUT2D eigenvalue weighted by molar-refractivity contribution is 6.10. The van der Waals surface area contributed by atoms with E-state index in [9.17, 15) is 14.0 Å². The number of hydrogen-bond acceptors (Lipinski definition) is 4. The zero-order valence-corrected chi connectivity index (χ0v) is 18.1.